The first-order chi connectivity index (χ1) is 9.71. The van der Waals surface area contributed by atoms with Gasteiger partial charge in [0, 0.05) is 0 Å². The first kappa shape index (κ1) is 14.6. The molecule has 21 heavy (non-hydrogen) atoms. The highest BCUT2D eigenvalue weighted by Crippen LogP contribution is 2.47. The van der Waals surface area contributed by atoms with Crippen LogP contribution in [0.4, 0.5) is 0 Å². The molecule has 1 aromatic carbocycles. The summed E-state index contributed by atoms with van der Waals surface area (Å²) in [6, 6.07) is 7.95. The molecule has 2 atom stereocenters. The molecule has 0 bridgehead atoms. The van der Waals surface area contributed by atoms with Gasteiger partial charge in [0.2, 0.25) is 0 Å². The fraction of sp³-hybridized carbons (Fsp3) is 0.562. The molecule has 0 unspecified atom stereocenters. The van der Waals surface area contributed by atoms with Gasteiger partial charge in [-0.1, -0.05) is 24.3 Å². The van der Waals surface area contributed by atoms with Crippen LogP contribution in [0.15, 0.2) is 24.3 Å². The minimum absolute atomic E-state index is 0.162. The Morgan fingerprint density at radius 1 is 1.14 bits per heavy atom. The smallest absolute Gasteiger partial charge is 0.481 e. The van der Waals surface area contributed by atoms with Crippen molar-refractivity contribution in [2.75, 3.05) is 0 Å². The Kier molecular flexibility index (Phi) is 3.19. The minimum Gasteiger partial charge on any atom is -0.481 e. The molecule has 1 aliphatic heterocycles. The van der Waals surface area contributed by atoms with Crippen LogP contribution in [0.3, 0.4) is 0 Å². The minimum atomic E-state index is -0.699. The van der Waals surface area contributed by atoms with Gasteiger partial charge in [0.25, 0.3) is 0 Å². The zero-order chi connectivity index (χ0) is 15.4. The summed E-state index contributed by atoms with van der Waals surface area (Å²) in [7, 11) is -0.362. The summed E-state index contributed by atoms with van der Waals surface area (Å²) in [5.74, 6) is -0.752. The quantitative estimate of drug-likeness (QED) is 0.866. The average Bonchev–Trinajstić information content (AvgIpc) is 3.14. The van der Waals surface area contributed by atoms with Crippen molar-refractivity contribution >= 4 is 18.6 Å². The highest BCUT2D eigenvalue weighted by atomic mass is 16.7. The van der Waals surface area contributed by atoms with Crippen molar-refractivity contribution in [3.63, 3.8) is 0 Å². The molecule has 2 fully saturated rings. The maximum absolute atomic E-state index is 10.9. The zero-order valence-electron chi connectivity index (χ0n) is 12.9. The van der Waals surface area contributed by atoms with Crippen molar-refractivity contribution in [1.82, 2.24) is 0 Å². The van der Waals surface area contributed by atoms with E-state index in [9.17, 15) is 4.79 Å². The monoisotopic (exact) mass is 288 g/mol. The van der Waals surface area contributed by atoms with Gasteiger partial charge in [0.05, 0.1) is 17.1 Å². The lowest BCUT2D eigenvalue weighted by atomic mass is 9.78. The number of carboxylic acids is 1. The summed E-state index contributed by atoms with van der Waals surface area (Å²) in [5.41, 5.74) is 1.37. The van der Waals surface area contributed by atoms with Crippen LogP contribution in [0.2, 0.25) is 0 Å². The van der Waals surface area contributed by atoms with Crippen molar-refractivity contribution < 1.29 is 19.2 Å². The first-order valence-corrected chi connectivity index (χ1v) is 7.39. The Hall–Kier alpha value is -1.33. The van der Waals surface area contributed by atoms with Gasteiger partial charge >= 0.3 is 13.1 Å². The van der Waals surface area contributed by atoms with E-state index in [1.807, 2.05) is 52.0 Å². The molecule has 0 aromatic heterocycles. The Labute approximate surface area is 125 Å². The number of aliphatic carboxylic acids is 1. The van der Waals surface area contributed by atoms with Crippen molar-refractivity contribution in [3.8, 4) is 0 Å². The maximum Gasteiger partial charge on any atom is 0.494 e. The van der Waals surface area contributed by atoms with Gasteiger partial charge < -0.3 is 14.4 Å². The van der Waals surface area contributed by atoms with Crippen molar-refractivity contribution in [2.24, 2.45) is 5.92 Å². The molecular weight excluding hydrogens is 267 g/mol. The summed E-state index contributed by atoms with van der Waals surface area (Å²) < 4.78 is 12.0. The predicted octanol–water partition coefficient (Wildman–Crippen LogP) is 2.17. The fourth-order valence-electron chi connectivity index (χ4n) is 2.72. The molecule has 112 valence electrons. The largest absolute Gasteiger partial charge is 0.494 e. The average molecular weight is 288 g/mol. The van der Waals surface area contributed by atoms with Crippen LogP contribution < -0.4 is 5.46 Å². The second kappa shape index (κ2) is 4.58. The molecular formula is C16H21BO4. The van der Waals surface area contributed by atoms with E-state index in [0.717, 1.165) is 17.4 Å². The SMILES string of the molecule is CC1(C)OB(c2ccc([C@@H]3C[C@H]3C(=O)O)cc2)OC1(C)C. The van der Waals surface area contributed by atoms with E-state index >= 15 is 0 Å². The van der Waals surface area contributed by atoms with Crippen molar-refractivity contribution in [3.05, 3.63) is 29.8 Å². The van der Waals surface area contributed by atoms with Crippen LogP contribution >= 0.6 is 0 Å². The molecule has 4 nitrogen and oxygen atoms in total. The molecule has 1 N–H and O–H groups in total. The van der Waals surface area contributed by atoms with Crippen molar-refractivity contribution in [2.45, 2.75) is 51.2 Å². The number of rotatable bonds is 3. The second-order valence-electron chi connectivity index (χ2n) is 7.04. The lowest BCUT2D eigenvalue weighted by molar-refractivity contribution is -0.138. The molecule has 1 heterocycles. The van der Waals surface area contributed by atoms with Crippen LogP contribution in [0.25, 0.3) is 0 Å². The third-order valence-corrected chi connectivity index (χ3v) is 5.00. The van der Waals surface area contributed by atoms with Gasteiger partial charge in [-0.2, -0.15) is 0 Å². The van der Waals surface area contributed by atoms with E-state index < -0.39 is 5.97 Å². The molecule has 1 saturated carbocycles. The van der Waals surface area contributed by atoms with Crippen LogP contribution in [-0.4, -0.2) is 29.4 Å². The highest BCUT2D eigenvalue weighted by molar-refractivity contribution is 6.62. The topological polar surface area (TPSA) is 55.8 Å². The number of hydrogen-bond acceptors (Lipinski definition) is 3. The molecule has 0 radical (unpaired) electrons. The second-order valence-corrected chi connectivity index (χ2v) is 7.04. The number of benzene rings is 1. The molecule has 1 saturated heterocycles. The molecule has 1 aromatic rings. The Bertz CT molecular complexity index is 548. The molecule has 3 rings (SSSR count). The van der Waals surface area contributed by atoms with Gasteiger partial charge in [0.15, 0.2) is 0 Å². The van der Waals surface area contributed by atoms with Crippen LogP contribution in [0.1, 0.15) is 45.6 Å². The molecule has 2 aliphatic rings. The Morgan fingerprint density at radius 2 is 1.67 bits per heavy atom. The lowest BCUT2D eigenvalue weighted by Crippen LogP contribution is -2.41. The summed E-state index contributed by atoms with van der Waals surface area (Å²) >= 11 is 0. The van der Waals surface area contributed by atoms with Crippen LogP contribution in [0, 0.1) is 5.92 Å². The molecule has 0 amide bonds. The van der Waals surface area contributed by atoms with Gasteiger partial charge in [0.1, 0.15) is 0 Å². The third-order valence-electron chi connectivity index (χ3n) is 5.00. The lowest BCUT2D eigenvalue weighted by Gasteiger charge is -2.32. The van der Waals surface area contributed by atoms with Gasteiger partial charge in [-0.05, 0) is 51.1 Å². The van der Waals surface area contributed by atoms with Gasteiger partial charge in [-0.25, -0.2) is 0 Å². The first-order valence-electron chi connectivity index (χ1n) is 7.39. The van der Waals surface area contributed by atoms with Crippen LogP contribution in [0.5, 0.6) is 0 Å². The van der Waals surface area contributed by atoms with Crippen LogP contribution in [-0.2, 0) is 14.1 Å². The molecule has 5 heteroatoms. The van der Waals surface area contributed by atoms with Crippen molar-refractivity contribution in [1.29, 1.82) is 0 Å². The Morgan fingerprint density at radius 3 is 2.10 bits per heavy atom. The van der Waals surface area contributed by atoms with E-state index in [-0.39, 0.29) is 30.2 Å². The summed E-state index contributed by atoms with van der Waals surface area (Å²) in [4.78, 5) is 10.9. The van der Waals surface area contributed by atoms with E-state index in [4.69, 9.17) is 14.4 Å². The molecule has 0 spiro atoms. The highest BCUT2D eigenvalue weighted by Gasteiger charge is 2.51. The summed E-state index contributed by atoms with van der Waals surface area (Å²) in [6.07, 6.45) is 0.741. The third kappa shape index (κ3) is 2.49. The summed E-state index contributed by atoms with van der Waals surface area (Å²) in [6.45, 7) is 8.12. The maximum atomic E-state index is 10.9. The number of carboxylic acid groups (broad SMARTS) is 1. The predicted molar refractivity (Wildman–Crippen MR) is 80.6 cm³/mol. The summed E-state index contributed by atoms with van der Waals surface area (Å²) in [5, 5.41) is 8.99. The van der Waals surface area contributed by atoms with E-state index in [2.05, 4.69) is 0 Å². The number of hydrogen-bond donors (Lipinski definition) is 1. The standard InChI is InChI=1S/C16H21BO4/c1-15(2)16(3,4)21-17(20-15)11-7-5-10(6-8-11)12-9-13(12)14(18)19/h5-8,12-13H,9H2,1-4H3,(H,18,19)/t12-,13+/m0/s1. The van der Waals surface area contributed by atoms with E-state index in [1.165, 1.54) is 0 Å². The zero-order valence-corrected chi connectivity index (χ0v) is 12.9. The van der Waals surface area contributed by atoms with Gasteiger partial charge in [-0.15, -0.1) is 0 Å². The van der Waals surface area contributed by atoms with E-state index in [0.29, 0.717) is 0 Å². The van der Waals surface area contributed by atoms with Gasteiger partial charge in [-0.3, -0.25) is 4.79 Å². The fourth-order valence-corrected chi connectivity index (χ4v) is 2.72. The van der Waals surface area contributed by atoms with E-state index in [1.54, 1.807) is 0 Å². The molecule has 1 aliphatic carbocycles. The number of carbonyl (C=O) groups is 1. The normalized spacial score (nSPS) is 29.4. The Balaban J connectivity index is 1.73.